The van der Waals surface area contributed by atoms with Gasteiger partial charge in [-0.1, -0.05) is 19.3 Å². The van der Waals surface area contributed by atoms with Crippen LogP contribution in [-0.2, 0) is 14.3 Å². The summed E-state index contributed by atoms with van der Waals surface area (Å²) in [5.74, 6) is -0.870. The molecule has 122 valence electrons. The third kappa shape index (κ3) is 6.46. The Kier molecular flexibility index (Phi) is 6.65. The number of nitrogens with one attached hydrogen (secondary N) is 1. The van der Waals surface area contributed by atoms with E-state index in [0.29, 0.717) is 19.6 Å². The molecule has 0 aliphatic heterocycles. The Hall–Kier alpha value is -1.10. The molecule has 1 rings (SSSR count). The maximum absolute atomic E-state index is 12.2. The van der Waals surface area contributed by atoms with Gasteiger partial charge in [0.25, 0.3) is 0 Å². The van der Waals surface area contributed by atoms with Crippen molar-refractivity contribution in [1.82, 2.24) is 5.32 Å². The Labute approximate surface area is 127 Å². The van der Waals surface area contributed by atoms with Gasteiger partial charge in [0.05, 0.1) is 12.0 Å². The lowest BCUT2D eigenvalue weighted by molar-refractivity contribution is -0.141. The first-order chi connectivity index (χ1) is 9.79. The highest BCUT2D eigenvalue weighted by Gasteiger charge is 2.36. The first-order valence-electron chi connectivity index (χ1n) is 7.91. The minimum Gasteiger partial charge on any atom is -0.481 e. The summed E-state index contributed by atoms with van der Waals surface area (Å²) in [6, 6.07) is 0. The molecule has 0 spiro atoms. The maximum atomic E-state index is 12.2. The second kappa shape index (κ2) is 7.78. The molecule has 0 aromatic heterocycles. The van der Waals surface area contributed by atoms with E-state index in [-0.39, 0.29) is 17.7 Å². The van der Waals surface area contributed by atoms with Gasteiger partial charge in [0, 0.05) is 19.6 Å². The van der Waals surface area contributed by atoms with Crippen LogP contribution in [0.15, 0.2) is 0 Å². The summed E-state index contributed by atoms with van der Waals surface area (Å²) in [4.78, 5) is 23.3. The summed E-state index contributed by atoms with van der Waals surface area (Å²) in [6.07, 6.45) is 5.25. The fraction of sp³-hybridized carbons (Fsp3) is 0.875. The van der Waals surface area contributed by atoms with E-state index in [2.05, 4.69) is 5.32 Å². The van der Waals surface area contributed by atoms with Crippen molar-refractivity contribution in [1.29, 1.82) is 0 Å². The number of rotatable bonds is 8. The molecule has 0 heterocycles. The van der Waals surface area contributed by atoms with E-state index in [1.165, 1.54) is 0 Å². The zero-order chi connectivity index (χ0) is 15.9. The van der Waals surface area contributed by atoms with Gasteiger partial charge < -0.3 is 15.2 Å². The third-order valence-electron chi connectivity index (χ3n) is 4.22. The average Bonchev–Trinajstić information content (AvgIpc) is 2.36. The molecule has 5 heteroatoms. The molecule has 0 unspecified atom stereocenters. The van der Waals surface area contributed by atoms with Crippen LogP contribution in [0.2, 0.25) is 0 Å². The molecule has 0 radical (unpaired) electrons. The van der Waals surface area contributed by atoms with Crippen LogP contribution < -0.4 is 5.32 Å². The van der Waals surface area contributed by atoms with Crippen molar-refractivity contribution < 1.29 is 19.4 Å². The molecule has 2 N–H and O–H groups in total. The van der Waals surface area contributed by atoms with Crippen molar-refractivity contribution in [3.05, 3.63) is 0 Å². The van der Waals surface area contributed by atoms with E-state index in [0.717, 1.165) is 32.1 Å². The minimum absolute atomic E-state index is 0.0640. The van der Waals surface area contributed by atoms with Gasteiger partial charge in [0.15, 0.2) is 0 Å². The second-order valence-corrected chi connectivity index (χ2v) is 6.78. The highest BCUT2D eigenvalue weighted by molar-refractivity contribution is 5.78. The zero-order valence-corrected chi connectivity index (χ0v) is 13.5. The minimum atomic E-state index is -0.806. The van der Waals surface area contributed by atoms with Crippen molar-refractivity contribution >= 4 is 11.9 Å². The van der Waals surface area contributed by atoms with Crippen LogP contribution in [0, 0.1) is 5.41 Å². The van der Waals surface area contributed by atoms with E-state index in [9.17, 15) is 9.59 Å². The van der Waals surface area contributed by atoms with Gasteiger partial charge in [-0.25, -0.2) is 0 Å². The molecule has 0 atom stereocenters. The molecule has 0 saturated heterocycles. The summed E-state index contributed by atoms with van der Waals surface area (Å²) in [6.45, 7) is 6.84. The number of carboxylic acid groups (broad SMARTS) is 1. The lowest BCUT2D eigenvalue weighted by atomic mass is 9.69. The highest BCUT2D eigenvalue weighted by atomic mass is 16.5. The number of hydrogen-bond donors (Lipinski definition) is 2. The van der Waals surface area contributed by atoms with Gasteiger partial charge >= 0.3 is 5.97 Å². The Bertz CT molecular complexity index is 359. The quantitative estimate of drug-likeness (QED) is 0.722. The molecule has 1 saturated carbocycles. The van der Waals surface area contributed by atoms with Gasteiger partial charge in [0.2, 0.25) is 5.91 Å². The number of carbonyl (C=O) groups is 2. The van der Waals surface area contributed by atoms with Gasteiger partial charge in [0.1, 0.15) is 0 Å². The molecule has 1 aliphatic rings. The van der Waals surface area contributed by atoms with E-state index in [1.54, 1.807) is 0 Å². The van der Waals surface area contributed by atoms with Crippen molar-refractivity contribution in [3.63, 3.8) is 0 Å². The van der Waals surface area contributed by atoms with Crippen molar-refractivity contribution in [2.45, 2.75) is 71.3 Å². The summed E-state index contributed by atoms with van der Waals surface area (Å²) < 4.78 is 5.55. The van der Waals surface area contributed by atoms with Crippen LogP contribution in [0.4, 0.5) is 0 Å². The van der Waals surface area contributed by atoms with Crippen molar-refractivity contribution in [3.8, 4) is 0 Å². The molecular weight excluding hydrogens is 270 g/mol. The number of carbonyl (C=O) groups excluding carboxylic acids is 1. The summed E-state index contributed by atoms with van der Waals surface area (Å²) >= 11 is 0. The monoisotopic (exact) mass is 299 g/mol. The molecule has 1 fully saturated rings. The first kappa shape index (κ1) is 18.0. The lowest BCUT2D eigenvalue weighted by Crippen LogP contribution is -2.42. The Morgan fingerprint density at radius 2 is 1.81 bits per heavy atom. The smallest absolute Gasteiger partial charge is 0.303 e. The number of aliphatic carboxylic acids is 1. The molecule has 1 amide bonds. The Morgan fingerprint density at radius 3 is 2.33 bits per heavy atom. The largest absolute Gasteiger partial charge is 0.481 e. The van der Waals surface area contributed by atoms with Gasteiger partial charge in [-0.15, -0.1) is 0 Å². The first-order valence-corrected chi connectivity index (χ1v) is 7.91. The third-order valence-corrected chi connectivity index (χ3v) is 4.22. The van der Waals surface area contributed by atoms with Crippen LogP contribution >= 0.6 is 0 Å². The Morgan fingerprint density at radius 1 is 1.19 bits per heavy atom. The number of carboxylic acids is 1. The molecule has 21 heavy (non-hydrogen) atoms. The standard InChI is InChI=1S/C16H29NO4/c1-4-21-15(2,3)12-17-13(18)10-16(11-14(19)20)8-6-5-7-9-16/h4-12H2,1-3H3,(H,17,18)(H,19,20). The fourth-order valence-corrected chi connectivity index (χ4v) is 3.19. The zero-order valence-electron chi connectivity index (χ0n) is 13.5. The summed E-state index contributed by atoms with van der Waals surface area (Å²) in [5, 5.41) is 12.0. The molecule has 0 bridgehead atoms. The van der Waals surface area contributed by atoms with Crippen LogP contribution in [-0.4, -0.2) is 35.7 Å². The van der Waals surface area contributed by atoms with Gasteiger partial charge in [-0.3, -0.25) is 9.59 Å². The molecule has 1 aliphatic carbocycles. The number of hydrogen-bond acceptors (Lipinski definition) is 3. The second-order valence-electron chi connectivity index (χ2n) is 6.78. The predicted molar refractivity (Wildman–Crippen MR) is 81.1 cm³/mol. The molecule has 5 nitrogen and oxygen atoms in total. The van der Waals surface area contributed by atoms with Crippen LogP contribution in [0.1, 0.15) is 65.7 Å². The van der Waals surface area contributed by atoms with Crippen LogP contribution in [0.5, 0.6) is 0 Å². The number of ether oxygens (including phenoxy) is 1. The molecular formula is C16H29NO4. The average molecular weight is 299 g/mol. The molecule has 0 aromatic rings. The van der Waals surface area contributed by atoms with E-state index >= 15 is 0 Å². The molecule has 0 aromatic carbocycles. The van der Waals surface area contributed by atoms with Crippen molar-refractivity contribution in [2.75, 3.05) is 13.2 Å². The predicted octanol–water partition coefficient (Wildman–Crippen LogP) is 2.73. The van der Waals surface area contributed by atoms with E-state index in [4.69, 9.17) is 9.84 Å². The topological polar surface area (TPSA) is 75.6 Å². The Balaban J connectivity index is 2.54. The fourth-order valence-electron chi connectivity index (χ4n) is 3.19. The summed E-state index contributed by atoms with van der Waals surface area (Å²) in [7, 11) is 0. The van der Waals surface area contributed by atoms with Crippen LogP contribution in [0.25, 0.3) is 0 Å². The van der Waals surface area contributed by atoms with Gasteiger partial charge in [-0.2, -0.15) is 0 Å². The maximum Gasteiger partial charge on any atom is 0.303 e. The van der Waals surface area contributed by atoms with Crippen LogP contribution in [0.3, 0.4) is 0 Å². The van der Waals surface area contributed by atoms with E-state index in [1.807, 2.05) is 20.8 Å². The van der Waals surface area contributed by atoms with E-state index < -0.39 is 11.6 Å². The highest BCUT2D eigenvalue weighted by Crippen LogP contribution is 2.42. The SMILES string of the molecule is CCOC(C)(C)CNC(=O)CC1(CC(=O)O)CCCCC1. The summed E-state index contributed by atoms with van der Waals surface area (Å²) in [5.41, 5.74) is -0.749. The van der Waals surface area contributed by atoms with Gasteiger partial charge in [-0.05, 0) is 39.0 Å². The van der Waals surface area contributed by atoms with Crippen molar-refractivity contribution in [2.24, 2.45) is 5.41 Å². The normalized spacial score (nSPS) is 18.2. The lowest BCUT2D eigenvalue weighted by Gasteiger charge is -2.36. The number of amides is 1.